The maximum absolute atomic E-state index is 13.5. The minimum atomic E-state index is -0.368. The Morgan fingerprint density at radius 1 is 0.500 bits per heavy atom. The van der Waals surface area contributed by atoms with Crippen molar-refractivity contribution in [3.05, 3.63) is 102 Å². The molecule has 0 aromatic heterocycles. The van der Waals surface area contributed by atoms with Crippen LogP contribution in [0, 0.1) is 0 Å². The maximum atomic E-state index is 13.5. The fourth-order valence-corrected chi connectivity index (χ4v) is 4.89. The number of fused-ring (bicyclic) bond motifs is 5. The number of rotatable bonds is 2. The van der Waals surface area contributed by atoms with Gasteiger partial charge in [-0.25, -0.2) is 0 Å². The van der Waals surface area contributed by atoms with Gasteiger partial charge in [-0.2, -0.15) is 0 Å². The molecule has 0 spiro atoms. The van der Waals surface area contributed by atoms with Crippen LogP contribution in [0.2, 0.25) is 0 Å². The van der Waals surface area contributed by atoms with Crippen molar-refractivity contribution in [2.24, 2.45) is 0 Å². The molecule has 34 heavy (non-hydrogen) atoms. The zero-order chi connectivity index (χ0) is 23.7. The van der Waals surface area contributed by atoms with Crippen LogP contribution in [-0.2, 0) is 0 Å². The van der Waals surface area contributed by atoms with Crippen molar-refractivity contribution < 1.29 is 9.47 Å². The Hall–Kier alpha value is -4.58. The third-order valence-electron chi connectivity index (χ3n) is 6.53. The molecular formula is C28H16O6. The molecule has 0 heterocycles. The van der Waals surface area contributed by atoms with E-state index in [9.17, 15) is 19.2 Å². The van der Waals surface area contributed by atoms with Crippen LogP contribution < -0.4 is 31.2 Å². The molecule has 0 amide bonds. The normalized spacial score (nSPS) is 11.7. The van der Waals surface area contributed by atoms with Gasteiger partial charge in [-0.1, -0.05) is 24.3 Å². The van der Waals surface area contributed by atoms with Gasteiger partial charge in [0.2, 0.25) is 0 Å². The molecule has 0 aliphatic rings. The van der Waals surface area contributed by atoms with Crippen LogP contribution >= 0.6 is 0 Å². The Morgan fingerprint density at radius 2 is 0.971 bits per heavy atom. The van der Waals surface area contributed by atoms with Crippen molar-refractivity contribution >= 4 is 53.9 Å². The molecule has 6 aromatic rings. The standard InChI is InChI=1S/C28H16O6/c1-33-22-8-7-17-23(28(22)34-2)27(32)21-12-14-10-19-18(9-13(14)11-20(21)26(17)31)24(29)15-5-3-4-6-16(15)25(19)30/h3-12H,1-2H3. The van der Waals surface area contributed by atoms with Gasteiger partial charge >= 0.3 is 0 Å². The van der Waals surface area contributed by atoms with Crippen molar-refractivity contribution in [2.75, 3.05) is 14.2 Å². The molecule has 164 valence electrons. The molecule has 0 radical (unpaired) electrons. The first-order chi connectivity index (χ1) is 16.4. The third kappa shape index (κ3) is 2.50. The van der Waals surface area contributed by atoms with Gasteiger partial charge in [0.15, 0.2) is 33.2 Å². The highest BCUT2D eigenvalue weighted by molar-refractivity contribution is 6.10. The number of hydrogen-bond donors (Lipinski definition) is 0. The van der Waals surface area contributed by atoms with Gasteiger partial charge in [-0.05, 0) is 47.2 Å². The van der Waals surface area contributed by atoms with E-state index < -0.39 is 0 Å². The predicted octanol–water partition coefficient (Wildman–Crippen LogP) is 3.79. The summed E-state index contributed by atoms with van der Waals surface area (Å²) in [7, 11) is 2.87. The summed E-state index contributed by atoms with van der Waals surface area (Å²) < 4.78 is 10.7. The van der Waals surface area contributed by atoms with Crippen LogP contribution in [0.15, 0.2) is 79.8 Å². The topological polar surface area (TPSA) is 86.7 Å². The summed E-state index contributed by atoms with van der Waals surface area (Å²) in [6.45, 7) is 0. The highest BCUT2D eigenvalue weighted by atomic mass is 16.5. The van der Waals surface area contributed by atoms with Gasteiger partial charge < -0.3 is 9.47 Å². The molecule has 0 aliphatic heterocycles. The smallest absolute Gasteiger partial charge is 0.198 e. The van der Waals surface area contributed by atoms with E-state index in [-0.39, 0.29) is 59.8 Å². The lowest BCUT2D eigenvalue weighted by Gasteiger charge is -2.11. The van der Waals surface area contributed by atoms with E-state index in [2.05, 4.69) is 0 Å². The summed E-state index contributed by atoms with van der Waals surface area (Å²) in [5.74, 6) is 0.551. The lowest BCUT2D eigenvalue weighted by Crippen LogP contribution is -2.15. The molecule has 0 saturated heterocycles. The molecule has 0 unspecified atom stereocenters. The van der Waals surface area contributed by atoms with Gasteiger partial charge in [-0.15, -0.1) is 0 Å². The minimum absolute atomic E-state index is 0.150. The SMILES string of the molecule is COc1ccc2c(=O)c3cc4cc5c(=O)c6ccccc6c(=O)c5cc4cc3c(=O)c2c1OC. The molecule has 6 heteroatoms. The first-order valence-corrected chi connectivity index (χ1v) is 10.6. The van der Waals surface area contributed by atoms with E-state index in [0.29, 0.717) is 27.3 Å². The molecule has 0 N–H and O–H groups in total. The average molecular weight is 448 g/mol. The van der Waals surface area contributed by atoms with E-state index >= 15 is 0 Å². The number of methoxy groups -OCH3 is 2. The summed E-state index contributed by atoms with van der Waals surface area (Å²) >= 11 is 0. The summed E-state index contributed by atoms with van der Waals surface area (Å²) in [6, 6.07) is 16.3. The summed E-state index contributed by atoms with van der Waals surface area (Å²) in [5.41, 5.74) is -1.18. The van der Waals surface area contributed by atoms with E-state index in [1.165, 1.54) is 14.2 Å². The lowest BCUT2D eigenvalue weighted by atomic mass is 9.95. The second kappa shape index (κ2) is 6.96. The lowest BCUT2D eigenvalue weighted by molar-refractivity contribution is 0.358. The highest BCUT2D eigenvalue weighted by Crippen LogP contribution is 2.34. The van der Waals surface area contributed by atoms with Crippen molar-refractivity contribution in [3.8, 4) is 11.5 Å². The van der Waals surface area contributed by atoms with Gasteiger partial charge in [0.05, 0.1) is 19.6 Å². The zero-order valence-electron chi connectivity index (χ0n) is 18.2. The van der Waals surface area contributed by atoms with Crippen molar-refractivity contribution in [1.82, 2.24) is 0 Å². The molecule has 0 saturated carbocycles. The average Bonchev–Trinajstić information content (AvgIpc) is 2.87. The molecule has 0 bridgehead atoms. The summed E-state index contributed by atoms with van der Waals surface area (Å²) in [4.78, 5) is 53.1. The Bertz CT molecular complexity index is 2060. The second-order valence-electron chi connectivity index (χ2n) is 8.23. The minimum Gasteiger partial charge on any atom is -0.493 e. The highest BCUT2D eigenvalue weighted by Gasteiger charge is 2.19. The Morgan fingerprint density at radius 3 is 1.44 bits per heavy atom. The quantitative estimate of drug-likeness (QED) is 0.375. The van der Waals surface area contributed by atoms with E-state index in [1.807, 2.05) is 0 Å². The Kier molecular flexibility index (Phi) is 4.10. The van der Waals surface area contributed by atoms with E-state index in [4.69, 9.17) is 9.47 Å². The van der Waals surface area contributed by atoms with Crippen molar-refractivity contribution in [2.45, 2.75) is 0 Å². The second-order valence-corrected chi connectivity index (χ2v) is 8.23. The number of hydrogen-bond acceptors (Lipinski definition) is 6. The van der Waals surface area contributed by atoms with Crippen molar-refractivity contribution in [3.63, 3.8) is 0 Å². The third-order valence-corrected chi connectivity index (χ3v) is 6.53. The Labute approximate surface area is 190 Å². The van der Waals surface area contributed by atoms with Gasteiger partial charge in [0.25, 0.3) is 0 Å². The first-order valence-electron chi connectivity index (χ1n) is 10.6. The molecule has 0 atom stereocenters. The Balaban J connectivity index is 1.82. The monoisotopic (exact) mass is 448 g/mol. The van der Waals surface area contributed by atoms with Crippen LogP contribution in [0.5, 0.6) is 11.5 Å². The molecule has 6 rings (SSSR count). The molecule has 6 nitrogen and oxygen atoms in total. The summed E-state index contributed by atoms with van der Waals surface area (Å²) in [5, 5.41) is 3.31. The first kappa shape index (κ1) is 20.1. The van der Waals surface area contributed by atoms with Gasteiger partial charge in [-0.3, -0.25) is 19.2 Å². The van der Waals surface area contributed by atoms with Gasteiger partial charge in [0.1, 0.15) is 0 Å². The van der Waals surface area contributed by atoms with Crippen LogP contribution in [0.3, 0.4) is 0 Å². The zero-order valence-corrected chi connectivity index (χ0v) is 18.2. The maximum Gasteiger partial charge on any atom is 0.198 e. The molecule has 0 fully saturated rings. The molecule has 0 aliphatic carbocycles. The fourth-order valence-electron chi connectivity index (χ4n) is 4.89. The van der Waals surface area contributed by atoms with Crippen LogP contribution in [0.25, 0.3) is 53.9 Å². The molecule has 6 aromatic carbocycles. The predicted molar refractivity (Wildman–Crippen MR) is 135 cm³/mol. The van der Waals surface area contributed by atoms with E-state index in [1.54, 1.807) is 60.7 Å². The van der Waals surface area contributed by atoms with Crippen molar-refractivity contribution in [1.29, 1.82) is 0 Å². The molecular weight excluding hydrogens is 432 g/mol. The summed E-state index contributed by atoms with van der Waals surface area (Å²) in [6.07, 6.45) is 0. The number of benzene rings is 6. The van der Waals surface area contributed by atoms with Crippen LogP contribution in [-0.4, -0.2) is 14.2 Å². The van der Waals surface area contributed by atoms with Crippen LogP contribution in [0.1, 0.15) is 0 Å². The van der Waals surface area contributed by atoms with Crippen LogP contribution in [0.4, 0.5) is 0 Å². The fraction of sp³-hybridized carbons (Fsp3) is 0.0714. The number of ether oxygens (including phenoxy) is 2. The largest absolute Gasteiger partial charge is 0.493 e. The van der Waals surface area contributed by atoms with E-state index in [0.717, 1.165) is 0 Å². The van der Waals surface area contributed by atoms with Gasteiger partial charge in [0, 0.05) is 37.7 Å².